The van der Waals surface area contributed by atoms with Crippen LogP contribution in [0.4, 0.5) is 10.1 Å². The zero-order valence-electron chi connectivity index (χ0n) is 16.5. The van der Waals surface area contributed by atoms with Crippen molar-refractivity contribution >= 4 is 28.4 Å². The zero-order valence-corrected chi connectivity index (χ0v) is 16.5. The first-order valence-corrected chi connectivity index (χ1v) is 9.63. The molecule has 0 spiro atoms. The molecule has 0 atom stereocenters. The lowest BCUT2D eigenvalue weighted by atomic mass is 10.1. The van der Waals surface area contributed by atoms with Crippen LogP contribution in [0.3, 0.4) is 0 Å². The number of ether oxygens (including phenoxy) is 1. The molecule has 4 rings (SSSR count). The third-order valence-electron chi connectivity index (χ3n) is 4.70. The van der Waals surface area contributed by atoms with Gasteiger partial charge in [0.1, 0.15) is 5.75 Å². The lowest BCUT2D eigenvalue weighted by Crippen LogP contribution is -2.21. The second-order valence-corrected chi connectivity index (χ2v) is 6.69. The highest BCUT2D eigenvalue weighted by atomic mass is 19.1. The molecular formula is C24H19FN4O2. The van der Waals surface area contributed by atoms with Crippen LogP contribution >= 0.6 is 0 Å². The summed E-state index contributed by atoms with van der Waals surface area (Å²) in [5, 5.41) is 14.0. The van der Waals surface area contributed by atoms with Gasteiger partial charge in [-0.25, -0.2) is 14.1 Å². The van der Waals surface area contributed by atoms with Gasteiger partial charge < -0.3 is 10.1 Å². The Labute approximate surface area is 177 Å². The molecule has 0 amide bonds. The normalized spacial score (nSPS) is 11.5. The first-order chi connectivity index (χ1) is 15.2. The molecule has 3 aromatic carbocycles. The highest BCUT2D eigenvalue weighted by Gasteiger charge is 2.12. The summed E-state index contributed by atoms with van der Waals surface area (Å²) >= 11 is 0. The molecule has 0 radical (unpaired) electrons. The summed E-state index contributed by atoms with van der Waals surface area (Å²) in [5.74, 6) is 0.353. The van der Waals surface area contributed by atoms with Crippen molar-refractivity contribution in [3.8, 4) is 11.4 Å². The van der Waals surface area contributed by atoms with Crippen molar-refractivity contribution in [2.75, 3.05) is 6.86 Å². The molecule has 0 saturated carbocycles. The number of halogens is 1. The number of aliphatic imine (C=N–C) groups is 1. The second kappa shape index (κ2) is 9.13. The van der Waals surface area contributed by atoms with Crippen LogP contribution in [-0.2, 0) is 0 Å². The van der Waals surface area contributed by atoms with Gasteiger partial charge in [-0.2, -0.15) is 5.10 Å². The van der Waals surface area contributed by atoms with Gasteiger partial charge in [0, 0.05) is 36.4 Å². The van der Waals surface area contributed by atoms with Crippen LogP contribution in [0.5, 0.6) is 5.75 Å². The predicted molar refractivity (Wildman–Crippen MR) is 120 cm³/mol. The fraction of sp³-hybridized carbons (Fsp3) is 0.0833. The van der Waals surface area contributed by atoms with Crippen molar-refractivity contribution in [1.29, 1.82) is 5.41 Å². The molecule has 0 aliphatic rings. The minimum Gasteiger partial charge on any atom is -0.463 e. The number of benzene rings is 3. The maximum atomic E-state index is 12.6. The van der Waals surface area contributed by atoms with Crippen LogP contribution < -0.4 is 10.2 Å². The lowest BCUT2D eigenvalue weighted by molar-refractivity contribution is 0.191. The van der Waals surface area contributed by atoms with E-state index in [4.69, 9.17) is 15.1 Å². The molecule has 0 aliphatic carbocycles. The van der Waals surface area contributed by atoms with E-state index in [1.165, 1.54) is 23.2 Å². The van der Waals surface area contributed by atoms with E-state index in [0.717, 1.165) is 10.8 Å². The Kier molecular flexibility index (Phi) is 5.93. The molecule has 4 aromatic rings. The number of nitrogens with zero attached hydrogens (tertiary/aromatic N) is 3. The summed E-state index contributed by atoms with van der Waals surface area (Å²) in [6.45, 7) is -0.937. The molecule has 0 aliphatic heterocycles. The van der Waals surface area contributed by atoms with Gasteiger partial charge in [0.2, 0.25) is 12.3 Å². The van der Waals surface area contributed by atoms with Gasteiger partial charge in [0.15, 0.2) is 5.69 Å². The molecule has 31 heavy (non-hydrogen) atoms. The molecule has 1 N–H and O–H groups in total. The van der Waals surface area contributed by atoms with Crippen molar-refractivity contribution < 1.29 is 9.13 Å². The Morgan fingerprint density at radius 2 is 1.90 bits per heavy atom. The number of fused-ring (bicyclic) bond motifs is 1. The first-order valence-electron chi connectivity index (χ1n) is 9.63. The summed E-state index contributed by atoms with van der Waals surface area (Å²) in [5.41, 5.74) is 1.54. The van der Waals surface area contributed by atoms with Gasteiger partial charge in [0.05, 0.1) is 17.1 Å². The Morgan fingerprint density at radius 3 is 2.74 bits per heavy atom. The van der Waals surface area contributed by atoms with Gasteiger partial charge in [-0.05, 0) is 23.6 Å². The van der Waals surface area contributed by atoms with Crippen LogP contribution in [0.2, 0.25) is 0 Å². The Balaban J connectivity index is 1.83. The Hall–Kier alpha value is -4.13. The average Bonchev–Trinajstić information content (AvgIpc) is 2.80. The maximum Gasteiger partial charge on any atom is 0.228 e. The van der Waals surface area contributed by atoms with Crippen LogP contribution in [0, 0.1) is 5.41 Å². The van der Waals surface area contributed by atoms with E-state index >= 15 is 0 Å². The number of alkyl halides is 1. The summed E-state index contributed by atoms with van der Waals surface area (Å²) in [6.07, 6.45) is 2.87. The standard InChI is InChI=1S/C24H19FN4O2/c25-16-31-19-8-4-7-18(15-19)29-14-12-23(30)24(28-29)22(11-13-26)27-21-10-3-6-17-5-1-2-9-20(17)21/h1-10,12-15,26H,11,16H2. The first kappa shape index (κ1) is 20.2. The van der Waals surface area contributed by atoms with E-state index in [-0.39, 0.29) is 17.5 Å². The quantitative estimate of drug-likeness (QED) is 0.439. The molecular weight excluding hydrogens is 395 g/mol. The molecule has 0 saturated heterocycles. The van der Waals surface area contributed by atoms with Crippen molar-refractivity contribution in [3.63, 3.8) is 0 Å². The summed E-state index contributed by atoms with van der Waals surface area (Å²) in [7, 11) is 0. The molecule has 0 unspecified atom stereocenters. The topological polar surface area (TPSA) is 80.3 Å². The van der Waals surface area contributed by atoms with Crippen LogP contribution in [-0.4, -0.2) is 28.6 Å². The Morgan fingerprint density at radius 1 is 1.10 bits per heavy atom. The maximum absolute atomic E-state index is 12.6. The van der Waals surface area contributed by atoms with Gasteiger partial charge in [-0.3, -0.25) is 4.79 Å². The fourth-order valence-corrected chi connectivity index (χ4v) is 3.27. The highest BCUT2D eigenvalue weighted by molar-refractivity contribution is 6.08. The molecule has 1 heterocycles. The molecule has 6 nitrogen and oxygen atoms in total. The summed E-state index contributed by atoms with van der Waals surface area (Å²) in [6, 6.07) is 21.7. The predicted octanol–water partition coefficient (Wildman–Crippen LogP) is 4.85. The van der Waals surface area contributed by atoms with Crippen molar-refractivity contribution in [2.45, 2.75) is 6.42 Å². The monoisotopic (exact) mass is 414 g/mol. The number of hydrogen-bond donors (Lipinski definition) is 1. The minimum absolute atomic E-state index is 0.149. The lowest BCUT2D eigenvalue weighted by Gasteiger charge is -2.10. The molecule has 154 valence electrons. The van der Waals surface area contributed by atoms with Gasteiger partial charge in [-0.15, -0.1) is 0 Å². The van der Waals surface area contributed by atoms with Crippen molar-refractivity contribution in [2.24, 2.45) is 4.99 Å². The number of aromatic nitrogens is 2. The summed E-state index contributed by atoms with van der Waals surface area (Å²) < 4.78 is 18.9. The number of nitrogens with one attached hydrogen (secondary N) is 1. The third-order valence-corrected chi connectivity index (χ3v) is 4.70. The Bertz CT molecular complexity index is 1330. The van der Waals surface area contributed by atoms with E-state index in [9.17, 15) is 9.18 Å². The van der Waals surface area contributed by atoms with Crippen LogP contribution in [0.25, 0.3) is 16.5 Å². The van der Waals surface area contributed by atoms with Gasteiger partial charge in [-0.1, -0.05) is 42.5 Å². The summed E-state index contributed by atoms with van der Waals surface area (Å²) in [4.78, 5) is 17.3. The average molecular weight is 414 g/mol. The second-order valence-electron chi connectivity index (χ2n) is 6.69. The zero-order chi connectivity index (χ0) is 21.6. The van der Waals surface area contributed by atoms with Crippen molar-refractivity contribution in [1.82, 2.24) is 9.78 Å². The highest BCUT2D eigenvalue weighted by Crippen LogP contribution is 2.26. The molecule has 7 heteroatoms. The van der Waals surface area contributed by atoms with Crippen LogP contribution in [0.1, 0.15) is 12.1 Å². The van der Waals surface area contributed by atoms with E-state index in [1.807, 2.05) is 42.5 Å². The third kappa shape index (κ3) is 4.40. The SMILES string of the molecule is N=CCC(=Nc1cccc2ccccc12)c1nn(-c2cccc(OCF)c2)ccc1=O. The van der Waals surface area contributed by atoms with E-state index in [2.05, 4.69) is 5.10 Å². The van der Waals surface area contributed by atoms with Crippen molar-refractivity contribution in [3.05, 3.63) is 94.9 Å². The fourth-order valence-electron chi connectivity index (χ4n) is 3.27. The molecule has 1 aromatic heterocycles. The van der Waals surface area contributed by atoms with Gasteiger partial charge >= 0.3 is 0 Å². The van der Waals surface area contributed by atoms with E-state index in [1.54, 1.807) is 24.3 Å². The molecule has 0 bridgehead atoms. The minimum atomic E-state index is -0.937. The molecule has 0 fully saturated rings. The van der Waals surface area contributed by atoms with Gasteiger partial charge in [0.25, 0.3) is 0 Å². The van der Waals surface area contributed by atoms with E-state index < -0.39 is 6.86 Å². The van der Waals surface area contributed by atoms with E-state index in [0.29, 0.717) is 22.8 Å². The number of hydrogen-bond acceptors (Lipinski definition) is 5. The van der Waals surface area contributed by atoms with Crippen LogP contribution in [0.15, 0.2) is 88.8 Å². The smallest absolute Gasteiger partial charge is 0.228 e. The largest absolute Gasteiger partial charge is 0.463 e. The number of rotatable bonds is 7.